The van der Waals surface area contributed by atoms with Gasteiger partial charge in [0.15, 0.2) is 0 Å². The van der Waals surface area contributed by atoms with Crippen LogP contribution in [0.3, 0.4) is 0 Å². The molecule has 15 heavy (non-hydrogen) atoms. The van der Waals surface area contributed by atoms with E-state index in [1.807, 2.05) is 32.0 Å². The van der Waals surface area contributed by atoms with Gasteiger partial charge in [-0.2, -0.15) is 5.26 Å². The summed E-state index contributed by atoms with van der Waals surface area (Å²) in [5.41, 5.74) is 0.820. The third-order valence-corrected chi connectivity index (χ3v) is 2.97. The highest BCUT2D eigenvalue weighted by Crippen LogP contribution is 2.16. The number of benzene rings is 1. The summed E-state index contributed by atoms with van der Waals surface area (Å²) in [6, 6.07) is 10.4. The molecule has 0 aliphatic rings. The van der Waals surface area contributed by atoms with E-state index in [4.69, 9.17) is 5.26 Å². The first kappa shape index (κ1) is 12.2. The molecule has 80 valence electrons. The molecule has 0 spiro atoms. The van der Waals surface area contributed by atoms with Crippen LogP contribution in [0.4, 0.5) is 0 Å². The highest BCUT2D eigenvalue weighted by molar-refractivity contribution is 9.10. The molecule has 1 rings (SSSR count). The van der Waals surface area contributed by atoms with E-state index in [0.29, 0.717) is 0 Å². The van der Waals surface area contributed by atoms with Crippen molar-refractivity contribution in [1.29, 1.82) is 5.26 Å². The van der Waals surface area contributed by atoms with Gasteiger partial charge in [0.2, 0.25) is 0 Å². The summed E-state index contributed by atoms with van der Waals surface area (Å²) < 4.78 is 1.13. The molecule has 0 aliphatic heterocycles. The molecule has 0 saturated heterocycles. The molecule has 2 nitrogen and oxygen atoms in total. The van der Waals surface area contributed by atoms with Gasteiger partial charge in [-0.15, -0.1) is 0 Å². The lowest BCUT2D eigenvalue weighted by molar-refractivity contribution is 0.489. The molecule has 1 aromatic carbocycles. The zero-order valence-corrected chi connectivity index (χ0v) is 10.6. The molecule has 0 heterocycles. The normalized spacial score (nSPS) is 11.1. The lowest BCUT2D eigenvalue weighted by Gasteiger charge is -2.17. The fourth-order valence-corrected chi connectivity index (χ4v) is 1.73. The number of halogens is 1. The van der Waals surface area contributed by atoms with Crippen LogP contribution in [0.1, 0.15) is 19.4 Å². The topological polar surface area (TPSA) is 35.8 Å². The van der Waals surface area contributed by atoms with E-state index in [2.05, 4.69) is 33.4 Å². The Balaban J connectivity index is 2.46. The van der Waals surface area contributed by atoms with Gasteiger partial charge in [-0.05, 0) is 31.9 Å². The number of hydrogen-bond donors (Lipinski definition) is 1. The highest BCUT2D eigenvalue weighted by atomic mass is 79.9. The zero-order chi connectivity index (χ0) is 11.3. The number of rotatable bonds is 4. The standard InChI is InChI=1S/C12H15BrN2/c1-12(2,9-14)15-8-7-10-5-3-4-6-11(10)13/h3-6,15H,7-8H2,1-2H3. The molecule has 0 fully saturated rings. The Morgan fingerprint density at radius 3 is 2.67 bits per heavy atom. The van der Waals surface area contributed by atoms with Crippen molar-refractivity contribution < 1.29 is 0 Å². The Bertz CT molecular complexity index is 366. The van der Waals surface area contributed by atoms with E-state index in [0.717, 1.165) is 17.4 Å². The van der Waals surface area contributed by atoms with Gasteiger partial charge < -0.3 is 0 Å². The Morgan fingerprint density at radius 2 is 2.07 bits per heavy atom. The number of nitriles is 1. The average molecular weight is 267 g/mol. The molecule has 3 heteroatoms. The van der Waals surface area contributed by atoms with E-state index in [1.165, 1.54) is 5.56 Å². The van der Waals surface area contributed by atoms with E-state index >= 15 is 0 Å². The molecule has 0 radical (unpaired) electrons. The van der Waals surface area contributed by atoms with Crippen molar-refractivity contribution in [3.8, 4) is 6.07 Å². The molecule has 0 aliphatic carbocycles. The van der Waals surface area contributed by atoms with E-state index in [1.54, 1.807) is 0 Å². The fraction of sp³-hybridized carbons (Fsp3) is 0.417. The first-order chi connectivity index (χ1) is 7.05. The van der Waals surface area contributed by atoms with Gasteiger partial charge in [0.05, 0.1) is 6.07 Å². The van der Waals surface area contributed by atoms with Gasteiger partial charge in [-0.3, -0.25) is 5.32 Å². The van der Waals surface area contributed by atoms with Gasteiger partial charge in [-0.25, -0.2) is 0 Å². The second kappa shape index (κ2) is 5.29. The number of nitrogens with zero attached hydrogens (tertiary/aromatic N) is 1. The van der Waals surface area contributed by atoms with Crippen molar-refractivity contribution >= 4 is 15.9 Å². The Kier molecular flexibility index (Phi) is 4.31. The lowest BCUT2D eigenvalue weighted by atomic mass is 10.1. The van der Waals surface area contributed by atoms with E-state index < -0.39 is 5.54 Å². The van der Waals surface area contributed by atoms with Crippen LogP contribution in [0.5, 0.6) is 0 Å². The van der Waals surface area contributed by atoms with Crippen molar-refractivity contribution in [2.24, 2.45) is 0 Å². The van der Waals surface area contributed by atoms with Crippen LogP contribution in [-0.4, -0.2) is 12.1 Å². The maximum Gasteiger partial charge on any atom is 0.101 e. The monoisotopic (exact) mass is 266 g/mol. The molecule has 0 aromatic heterocycles. The predicted octanol–water partition coefficient (Wildman–Crippen LogP) is 2.88. The van der Waals surface area contributed by atoms with Crippen molar-refractivity contribution in [1.82, 2.24) is 5.32 Å². The number of nitrogens with one attached hydrogen (secondary N) is 1. The van der Waals surface area contributed by atoms with Gasteiger partial charge in [0.1, 0.15) is 5.54 Å². The predicted molar refractivity (Wildman–Crippen MR) is 65.5 cm³/mol. The quantitative estimate of drug-likeness (QED) is 0.910. The first-order valence-electron chi connectivity index (χ1n) is 4.95. The largest absolute Gasteiger partial charge is 0.300 e. The van der Waals surface area contributed by atoms with Crippen LogP contribution >= 0.6 is 15.9 Å². The van der Waals surface area contributed by atoms with Crippen molar-refractivity contribution in [3.63, 3.8) is 0 Å². The minimum atomic E-state index is -0.443. The Morgan fingerprint density at radius 1 is 1.40 bits per heavy atom. The van der Waals surface area contributed by atoms with Crippen molar-refractivity contribution in [2.75, 3.05) is 6.54 Å². The molecule has 1 aromatic rings. The molecule has 0 bridgehead atoms. The van der Waals surface area contributed by atoms with Crippen LogP contribution in [0.15, 0.2) is 28.7 Å². The summed E-state index contributed by atoms with van der Waals surface area (Å²) in [5.74, 6) is 0. The minimum absolute atomic E-state index is 0.443. The Labute approximate surface area is 99.4 Å². The average Bonchev–Trinajstić information content (AvgIpc) is 2.21. The molecule has 0 amide bonds. The van der Waals surface area contributed by atoms with E-state index in [9.17, 15) is 0 Å². The molecule has 0 unspecified atom stereocenters. The Hall–Kier alpha value is -0.850. The maximum absolute atomic E-state index is 8.82. The van der Waals surface area contributed by atoms with Crippen molar-refractivity contribution in [3.05, 3.63) is 34.3 Å². The third kappa shape index (κ3) is 4.03. The van der Waals surface area contributed by atoms with Crippen LogP contribution in [0.2, 0.25) is 0 Å². The summed E-state index contributed by atoms with van der Waals surface area (Å²) in [6.07, 6.45) is 0.923. The summed E-state index contributed by atoms with van der Waals surface area (Å²) in [4.78, 5) is 0. The molecular weight excluding hydrogens is 252 g/mol. The molecule has 1 N–H and O–H groups in total. The first-order valence-corrected chi connectivity index (χ1v) is 5.74. The van der Waals surface area contributed by atoms with Crippen LogP contribution in [0.25, 0.3) is 0 Å². The van der Waals surface area contributed by atoms with Gasteiger partial charge in [0, 0.05) is 11.0 Å². The van der Waals surface area contributed by atoms with E-state index in [-0.39, 0.29) is 0 Å². The highest BCUT2D eigenvalue weighted by Gasteiger charge is 2.14. The van der Waals surface area contributed by atoms with Crippen molar-refractivity contribution in [2.45, 2.75) is 25.8 Å². The molecule has 0 saturated carbocycles. The molecular formula is C12H15BrN2. The zero-order valence-electron chi connectivity index (χ0n) is 9.05. The van der Waals surface area contributed by atoms with Gasteiger partial charge in [-0.1, -0.05) is 34.1 Å². The van der Waals surface area contributed by atoms with Crippen LogP contribution < -0.4 is 5.32 Å². The smallest absolute Gasteiger partial charge is 0.101 e. The third-order valence-electron chi connectivity index (χ3n) is 2.20. The van der Waals surface area contributed by atoms with Crippen LogP contribution in [-0.2, 0) is 6.42 Å². The van der Waals surface area contributed by atoms with Crippen LogP contribution in [0, 0.1) is 11.3 Å². The second-order valence-electron chi connectivity index (χ2n) is 4.00. The lowest BCUT2D eigenvalue weighted by Crippen LogP contribution is -2.38. The minimum Gasteiger partial charge on any atom is -0.300 e. The summed E-state index contributed by atoms with van der Waals surface area (Å²) >= 11 is 3.50. The van der Waals surface area contributed by atoms with Gasteiger partial charge in [0.25, 0.3) is 0 Å². The summed E-state index contributed by atoms with van der Waals surface area (Å²) in [7, 11) is 0. The fourth-order valence-electron chi connectivity index (χ4n) is 1.25. The summed E-state index contributed by atoms with van der Waals surface area (Å²) in [6.45, 7) is 4.57. The van der Waals surface area contributed by atoms with Gasteiger partial charge >= 0.3 is 0 Å². The molecule has 0 atom stereocenters. The maximum atomic E-state index is 8.82. The SMILES string of the molecule is CC(C)(C#N)NCCc1ccccc1Br. The number of hydrogen-bond acceptors (Lipinski definition) is 2. The second-order valence-corrected chi connectivity index (χ2v) is 4.86. The summed E-state index contributed by atoms with van der Waals surface area (Å²) in [5, 5.41) is 12.0.